The molecule has 3 aromatic rings. The monoisotopic (exact) mass is 386 g/mol. The summed E-state index contributed by atoms with van der Waals surface area (Å²) < 4.78 is 0. The van der Waals surface area contributed by atoms with Gasteiger partial charge in [-0.25, -0.2) is 0 Å². The summed E-state index contributed by atoms with van der Waals surface area (Å²) >= 11 is 0. The number of amides is 2. The summed E-state index contributed by atoms with van der Waals surface area (Å²) in [5.74, 6) is 0.732. The van der Waals surface area contributed by atoms with Crippen molar-refractivity contribution in [3.05, 3.63) is 77.0 Å². The van der Waals surface area contributed by atoms with Crippen molar-refractivity contribution in [2.75, 3.05) is 10.2 Å². The van der Waals surface area contributed by atoms with Crippen LogP contribution in [0.5, 0.6) is 0 Å². The Kier molecular flexibility index (Phi) is 4.19. The molecular formula is C23H22N4O2. The number of aromatic nitrogens is 2. The predicted molar refractivity (Wildman–Crippen MR) is 111 cm³/mol. The molecular weight excluding hydrogens is 364 g/mol. The minimum Gasteiger partial charge on any atom is -0.309 e. The van der Waals surface area contributed by atoms with Gasteiger partial charge in [-0.1, -0.05) is 30.3 Å². The molecule has 0 saturated heterocycles. The third-order valence-corrected chi connectivity index (χ3v) is 5.79. The number of H-pyrrole nitrogens is 1. The van der Waals surface area contributed by atoms with Crippen LogP contribution in [0.4, 0.5) is 11.5 Å². The van der Waals surface area contributed by atoms with E-state index in [0.717, 1.165) is 28.1 Å². The minimum absolute atomic E-state index is 0.0177. The van der Waals surface area contributed by atoms with Crippen molar-refractivity contribution in [3.8, 4) is 0 Å². The highest BCUT2D eigenvalue weighted by Crippen LogP contribution is 2.39. The zero-order valence-corrected chi connectivity index (χ0v) is 16.2. The van der Waals surface area contributed by atoms with Crippen molar-refractivity contribution in [1.82, 2.24) is 10.2 Å². The number of hydrogen-bond donors (Lipinski definition) is 2. The van der Waals surface area contributed by atoms with E-state index in [4.69, 9.17) is 0 Å². The van der Waals surface area contributed by atoms with Gasteiger partial charge in [-0.15, -0.1) is 0 Å². The largest absolute Gasteiger partial charge is 0.309 e. The number of rotatable bonds is 5. The average molecular weight is 386 g/mol. The fourth-order valence-electron chi connectivity index (χ4n) is 3.80. The van der Waals surface area contributed by atoms with Gasteiger partial charge in [-0.2, -0.15) is 5.10 Å². The molecule has 1 saturated carbocycles. The lowest BCUT2D eigenvalue weighted by molar-refractivity contribution is -0.117. The molecule has 1 aliphatic carbocycles. The number of carbonyl (C=O) groups is 2. The van der Waals surface area contributed by atoms with Gasteiger partial charge in [0.15, 0.2) is 5.82 Å². The van der Waals surface area contributed by atoms with Crippen LogP contribution in [0.3, 0.4) is 0 Å². The number of nitrogens with one attached hydrogen (secondary N) is 2. The Balaban J connectivity index is 1.27. The highest BCUT2D eigenvalue weighted by Gasteiger charge is 2.28. The van der Waals surface area contributed by atoms with Crippen LogP contribution in [0, 0.1) is 0 Å². The van der Waals surface area contributed by atoms with Crippen LogP contribution in [0.1, 0.15) is 58.8 Å². The Hall–Kier alpha value is -3.41. The highest BCUT2D eigenvalue weighted by atomic mass is 16.2. The fraction of sp³-hybridized carbons (Fsp3) is 0.261. The molecule has 2 heterocycles. The van der Waals surface area contributed by atoms with E-state index in [1.54, 1.807) is 4.90 Å². The summed E-state index contributed by atoms with van der Waals surface area (Å²) in [6.07, 6.45) is 2.37. The third-order valence-electron chi connectivity index (χ3n) is 5.79. The number of aromatic amines is 1. The van der Waals surface area contributed by atoms with Crippen molar-refractivity contribution in [3.63, 3.8) is 0 Å². The zero-order valence-electron chi connectivity index (χ0n) is 16.2. The molecule has 2 N–H and O–H groups in total. The van der Waals surface area contributed by atoms with E-state index >= 15 is 0 Å². The standard InChI is InChI=1S/C23H22N4O2/c1-14(22(28)24-21-12-20(25-26-21)16-6-7-16)15-8-10-18(11-9-15)27-13-17-4-2-3-5-19(17)23(27)29/h2-5,8-12,14,16H,6-7,13H2,1H3,(H2,24,25,26,28)/t14-/m0/s1. The van der Waals surface area contributed by atoms with Crippen LogP contribution in [-0.2, 0) is 11.3 Å². The predicted octanol–water partition coefficient (Wildman–Crippen LogP) is 4.19. The Morgan fingerprint density at radius 2 is 1.93 bits per heavy atom. The van der Waals surface area contributed by atoms with Gasteiger partial charge in [0.25, 0.3) is 5.91 Å². The van der Waals surface area contributed by atoms with E-state index in [1.165, 1.54) is 12.8 Å². The lowest BCUT2D eigenvalue weighted by Crippen LogP contribution is -2.23. The van der Waals surface area contributed by atoms with E-state index in [2.05, 4.69) is 15.5 Å². The molecule has 2 aromatic carbocycles. The molecule has 0 radical (unpaired) electrons. The van der Waals surface area contributed by atoms with Gasteiger partial charge >= 0.3 is 0 Å². The van der Waals surface area contributed by atoms with Gasteiger partial charge < -0.3 is 10.2 Å². The normalized spacial score (nSPS) is 16.6. The number of nitrogens with zero attached hydrogens (tertiary/aromatic N) is 2. The molecule has 0 bridgehead atoms. The minimum atomic E-state index is -0.323. The molecule has 5 rings (SSSR count). The second-order valence-corrected chi connectivity index (χ2v) is 7.83. The first-order valence-corrected chi connectivity index (χ1v) is 9.96. The number of benzene rings is 2. The maximum atomic E-state index is 12.6. The maximum absolute atomic E-state index is 12.6. The lowest BCUT2D eigenvalue weighted by atomic mass is 10.00. The van der Waals surface area contributed by atoms with E-state index in [9.17, 15) is 9.59 Å². The first kappa shape index (κ1) is 17.7. The summed E-state index contributed by atoms with van der Waals surface area (Å²) in [6, 6.07) is 17.2. The maximum Gasteiger partial charge on any atom is 0.258 e. The summed E-state index contributed by atoms with van der Waals surface area (Å²) in [4.78, 5) is 27.0. The van der Waals surface area contributed by atoms with Crippen LogP contribution in [-0.4, -0.2) is 22.0 Å². The van der Waals surface area contributed by atoms with Crippen molar-refractivity contribution in [2.24, 2.45) is 0 Å². The molecule has 146 valence electrons. The number of carbonyl (C=O) groups excluding carboxylic acids is 2. The summed E-state index contributed by atoms with van der Waals surface area (Å²) in [6.45, 7) is 2.45. The molecule has 1 fully saturated rings. The first-order chi connectivity index (χ1) is 14.1. The van der Waals surface area contributed by atoms with Gasteiger partial charge in [-0.3, -0.25) is 14.7 Å². The van der Waals surface area contributed by atoms with Crippen molar-refractivity contribution in [2.45, 2.75) is 38.1 Å². The topological polar surface area (TPSA) is 78.1 Å². The van der Waals surface area contributed by atoms with Crippen molar-refractivity contribution >= 4 is 23.3 Å². The zero-order chi connectivity index (χ0) is 20.0. The van der Waals surface area contributed by atoms with E-state index in [1.807, 2.05) is 61.5 Å². The van der Waals surface area contributed by atoms with Gasteiger partial charge in [0.05, 0.1) is 12.5 Å². The lowest BCUT2D eigenvalue weighted by Gasteiger charge is -2.17. The summed E-state index contributed by atoms with van der Waals surface area (Å²) in [5.41, 5.74) is 4.62. The summed E-state index contributed by atoms with van der Waals surface area (Å²) in [5, 5.41) is 10.1. The first-order valence-electron chi connectivity index (χ1n) is 9.96. The molecule has 6 nitrogen and oxygen atoms in total. The molecule has 1 aliphatic heterocycles. The molecule has 0 unspecified atom stereocenters. The third kappa shape index (κ3) is 3.31. The summed E-state index contributed by atoms with van der Waals surface area (Å²) in [7, 11) is 0. The molecule has 1 atom stereocenters. The van der Waals surface area contributed by atoms with Crippen LogP contribution in [0.2, 0.25) is 0 Å². The van der Waals surface area contributed by atoms with Gasteiger partial charge in [0.1, 0.15) is 0 Å². The molecule has 29 heavy (non-hydrogen) atoms. The molecule has 1 aromatic heterocycles. The van der Waals surface area contributed by atoms with Crippen LogP contribution in [0.15, 0.2) is 54.6 Å². The van der Waals surface area contributed by atoms with Crippen LogP contribution >= 0.6 is 0 Å². The Bertz CT molecular complexity index is 1080. The Morgan fingerprint density at radius 3 is 2.66 bits per heavy atom. The average Bonchev–Trinajstić information content (AvgIpc) is 3.41. The van der Waals surface area contributed by atoms with Gasteiger partial charge in [0, 0.05) is 28.9 Å². The number of anilines is 2. The van der Waals surface area contributed by atoms with Crippen LogP contribution < -0.4 is 10.2 Å². The molecule has 2 aliphatic rings. The number of fused-ring (bicyclic) bond motifs is 1. The molecule has 2 amide bonds. The highest BCUT2D eigenvalue weighted by molar-refractivity contribution is 6.10. The van der Waals surface area contributed by atoms with E-state index in [0.29, 0.717) is 18.3 Å². The van der Waals surface area contributed by atoms with E-state index < -0.39 is 0 Å². The molecule has 0 spiro atoms. The van der Waals surface area contributed by atoms with Gasteiger partial charge in [0.2, 0.25) is 5.91 Å². The second kappa shape index (κ2) is 6.88. The molecule has 6 heteroatoms. The second-order valence-electron chi connectivity index (χ2n) is 7.83. The van der Waals surface area contributed by atoms with Crippen molar-refractivity contribution in [1.29, 1.82) is 0 Å². The Morgan fingerprint density at radius 1 is 1.17 bits per heavy atom. The smallest absolute Gasteiger partial charge is 0.258 e. The van der Waals surface area contributed by atoms with Crippen LogP contribution in [0.25, 0.3) is 0 Å². The van der Waals surface area contributed by atoms with E-state index in [-0.39, 0.29) is 17.7 Å². The fourth-order valence-corrected chi connectivity index (χ4v) is 3.80. The SMILES string of the molecule is C[C@H](C(=O)Nc1cc(C2CC2)[nH]n1)c1ccc(N2Cc3ccccc3C2=O)cc1. The quantitative estimate of drug-likeness (QED) is 0.690. The van der Waals surface area contributed by atoms with Gasteiger partial charge in [-0.05, 0) is 49.1 Å². The van der Waals surface area contributed by atoms with Crippen molar-refractivity contribution < 1.29 is 9.59 Å². The Labute approximate surface area is 168 Å². The number of hydrogen-bond acceptors (Lipinski definition) is 3.